The molecule has 2 heteroatoms. The van der Waals surface area contributed by atoms with Crippen molar-refractivity contribution in [2.75, 3.05) is 6.61 Å². The lowest BCUT2D eigenvalue weighted by atomic mass is 10.2. The highest BCUT2D eigenvalue weighted by atomic mass is 79.9. The van der Waals surface area contributed by atoms with Crippen LogP contribution in [0, 0.1) is 11.8 Å². The lowest BCUT2D eigenvalue weighted by Gasteiger charge is -1.90. The predicted molar refractivity (Wildman–Crippen MR) is 52.7 cm³/mol. The topological polar surface area (TPSA) is 20.2 Å². The summed E-state index contributed by atoms with van der Waals surface area (Å²) < 4.78 is 1.03. The van der Waals surface area contributed by atoms with E-state index in [1.165, 1.54) is 0 Å². The summed E-state index contributed by atoms with van der Waals surface area (Å²) in [6, 6.07) is 7.78. The summed E-state index contributed by atoms with van der Waals surface area (Å²) in [7, 11) is 0. The van der Waals surface area contributed by atoms with E-state index >= 15 is 0 Å². The van der Waals surface area contributed by atoms with Crippen molar-refractivity contribution in [1.82, 2.24) is 0 Å². The number of rotatable bonds is 1. The van der Waals surface area contributed by atoms with E-state index in [0.29, 0.717) is 6.42 Å². The van der Waals surface area contributed by atoms with E-state index < -0.39 is 0 Å². The molecule has 0 aliphatic rings. The minimum atomic E-state index is 0.126. The van der Waals surface area contributed by atoms with Crippen LogP contribution in [-0.4, -0.2) is 11.7 Å². The van der Waals surface area contributed by atoms with Crippen LogP contribution in [0.1, 0.15) is 12.0 Å². The van der Waals surface area contributed by atoms with Crippen molar-refractivity contribution in [3.8, 4) is 11.8 Å². The fourth-order valence-electron chi connectivity index (χ4n) is 0.787. The van der Waals surface area contributed by atoms with Crippen molar-refractivity contribution >= 4 is 15.9 Å². The van der Waals surface area contributed by atoms with Crippen molar-refractivity contribution in [3.63, 3.8) is 0 Å². The fourth-order valence-corrected chi connectivity index (χ4v) is 1.19. The lowest BCUT2D eigenvalue weighted by molar-refractivity contribution is 0.305. The summed E-state index contributed by atoms with van der Waals surface area (Å²) in [6.07, 6.45) is 0.534. The summed E-state index contributed by atoms with van der Waals surface area (Å²) in [4.78, 5) is 0. The molecule has 0 saturated carbocycles. The van der Waals surface area contributed by atoms with E-state index in [2.05, 4.69) is 27.8 Å². The standard InChI is InChI=1S/C10H9BrO/c11-10-6-3-5-9(8-10)4-1-2-7-12/h3,5-6,8,12H,2,7H2. The van der Waals surface area contributed by atoms with Gasteiger partial charge in [-0.15, -0.1) is 0 Å². The van der Waals surface area contributed by atoms with E-state index in [-0.39, 0.29) is 6.61 Å². The molecule has 0 spiro atoms. The predicted octanol–water partition coefficient (Wildman–Crippen LogP) is 2.18. The first-order chi connectivity index (χ1) is 5.83. The molecule has 1 aromatic carbocycles. The van der Waals surface area contributed by atoms with Crippen LogP contribution in [0.3, 0.4) is 0 Å². The van der Waals surface area contributed by atoms with Gasteiger partial charge in [-0.25, -0.2) is 0 Å². The van der Waals surface area contributed by atoms with E-state index in [9.17, 15) is 0 Å². The van der Waals surface area contributed by atoms with Gasteiger partial charge < -0.3 is 5.11 Å². The molecule has 0 saturated heterocycles. The third kappa shape index (κ3) is 3.08. The fraction of sp³-hybridized carbons (Fsp3) is 0.200. The monoisotopic (exact) mass is 224 g/mol. The SMILES string of the molecule is OCCC#Cc1cccc(Br)c1. The molecular weight excluding hydrogens is 216 g/mol. The Labute approximate surface area is 80.6 Å². The molecule has 62 valence electrons. The molecule has 0 aliphatic heterocycles. The van der Waals surface area contributed by atoms with Gasteiger partial charge in [0.1, 0.15) is 0 Å². The third-order valence-electron chi connectivity index (χ3n) is 1.29. The Kier molecular flexibility index (Phi) is 3.86. The average Bonchev–Trinajstić information content (AvgIpc) is 2.05. The first-order valence-corrected chi connectivity index (χ1v) is 4.47. The molecule has 1 aromatic rings. The summed E-state index contributed by atoms with van der Waals surface area (Å²) in [5, 5.41) is 8.49. The molecule has 0 radical (unpaired) electrons. The molecule has 1 rings (SSSR count). The maximum absolute atomic E-state index is 8.49. The second-order valence-corrected chi connectivity index (χ2v) is 3.20. The number of benzene rings is 1. The molecule has 0 aromatic heterocycles. The zero-order chi connectivity index (χ0) is 8.81. The zero-order valence-corrected chi connectivity index (χ0v) is 8.13. The molecule has 0 unspecified atom stereocenters. The summed E-state index contributed by atoms with van der Waals surface area (Å²) in [5.41, 5.74) is 0.970. The summed E-state index contributed by atoms with van der Waals surface area (Å²) in [5.74, 6) is 5.80. The molecule has 0 heterocycles. The lowest BCUT2D eigenvalue weighted by Crippen LogP contribution is -1.77. The highest BCUT2D eigenvalue weighted by Gasteiger charge is 1.86. The van der Waals surface area contributed by atoms with Gasteiger partial charge in [-0.1, -0.05) is 33.8 Å². The smallest absolute Gasteiger partial charge is 0.0540 e. The van der Waals surface area contributed by atoms with Crippen LogP contribution in [0.5, 0.6) is 0 Å². The van der Waals surface area contributed by atoms with Gasteiger partial charge >= 0.3 is 0 Å². The molecule has 1 nitrogen and oxygen atoms in total. The van der Waals surface area contributed by atoms with Gasteiger partial charge in [0, 0.05) is 16.5 Å². The second kappa shape index (κ2) is 4.97. The molecule has 0 bridgehead atoms. The molecular formula is C10H9BrO. The molecule has 0 amide bonds. The Morgan fingerprint density at radius 3 is 2.92 bits per heavy atom. The van der Waals surface area contributed by atoms with Crippen LogP contribution in [0.2, 0.25) is 0 Å². The third-order valence-corrected chi connectivity index (χ3v) is 1.79. The average molecular weight is 225 g/mol. The second-order valence-electron chi connectivity index (χ2n) is 2.29. The number of aliphatic hydroxyl groups excluding tert-OH is 1. The quantitative estimate of drug-likeness (QED) is 0.726. The maximum Gasteiger partial charge on any atom is 0.0540 e. The van der Waals surface area contributed by atoms with Gasteiger partial charge in [-0.3, -0.25) is 0 Å². The number of hydrogen-bond donors (Lipinski definition) is 1. The van der Waals surface area contributed by atoms with Gasteiger partial charge in [0.25, 0.3) is 0 Å². The van der Waals surface area contributed by atoms with Crippen LogP contribution in [0.25, 0.3) is 0 Å². The molecule has 0 aliphatic carbocycles. The maximum atomic E-state index is 8.49. The minimum absolute atomic E-state index is 0.126. The minimum Gasteiger partial charge on any atom is -0.395 e. The Bertz CT molecular complexity index is 309. The van der Waals surface area contributed by atoms with Crippen LogP contribution >= 0.6 is 15.9 Å². The van der Waals surface area contributed by atoms with Gasteiger partial charge in [0.15, 0.2) is 0 Å². The first-order valence-electron chi connectivity index (χ1n) is 3.68. The normalized spacial score (nSPS) is 8.83. The van der Waals surface area contributed by atoms with Gasteiger partial charge in [0.2, 0.25) is 0 Å². The van der Waals surface area contributed by atoms with Crippen LogP contribution < -0.4 is 0 Å². The van der Waals surface area contributed by atoms with E-state index in [1.54, 1.807) is 0 Å². The zero-order valence-electron chi connectivity index (χ0n) is 6.55. The Morgan fingerprint density at radius 2 is 2.25 bits per heavy atom. The van der Waals surface area contributed by atoms with Crippen LogP contribution in [-0.2, 0) is 0 Å². The van der Waals surface area contributed by atoms with E-state index in [0.717, 1.165) is 10.0 Å². The first kappa shape index (κ1) is 9.31. The Hall–Kier alpha value is -0.780. The van der Waals surface area contributed by atoms with Crippen molar-refractivity contribution in [1.29, 1.82) is 0 Å². The summed E-state index contributed by atoms with van der Waals surface area (Å²) in [6.45, 7) is 0.126. The van der Waals surface area contributed by atoms with Crippen LogP contribution in [0.4, 0.5) is 0 Å². The van der Waals surface area contributed by atoms with Gasteiger partial charge in [0.05, 0.1) is 6.61 Å². The van der Waals surface area contributed by atoms with Gasteiger partial charge in [-0.2, -0.15) is 0 Å². The molecule has 1 N–H and O–H groups in total. The number of halogens is 1. The van der Waals surface area contributed by atoms with Crippen molar-refractivity contribution in [3.05, 3.63) is 34.3 Å². The number of hydrogen-bond acceptors (Lipinski definition) is 1. The van der Waals surface area contributed by atoms with Crippen molar-refractivity contribution in [2.24, 2.45) is 0 Å². The summed E-state index contributed by atoms with van der Waals surface area (Å²) >= 11 is 3.35. The highest BCUT2D eigenvalue weighted by molar-refractivity contribution is 9.10. The van der Waals surface area contributed by atoms with E-state index in [1.807, 2.05) is 24.3 Å². The van der Waals surface area contributed by atoms with E-state index in [4.69, 9.17) is 5.11 Å². The van der Waals surface area contributed by atoms with Crippen LogP contribution in [0.15, 0.2) is 28.7 Å². The van der Waals surface area contributed by atoms with Crippen molar-refractivity contribution < 1.29 is 5.11 Å². The number of aliphatic hydroxyl groups is 1. The molecule has 0 fully saturated rings. The Morgan fingerprint density at radius 1 is 1.42 bits per heavy atom. The van der Waals surface area contributed by atoms with Gasteiger partial charge in [-0.05, 0) is 18.2 Å². The largest absolute Gasteiger partial charge is 0.395 e. The van der Waals surface area contributed by atoms with Crippen molar-refractivity contribution in [2.45, 2.75) is 6.42 Å². The molecule has 12 heavy (non-hydrogen) atoms. The molecule has 0 atom stereocenters. The highest BCUT2D eigenvalue weighted by Crippen LogP contribution is 2.10. The Balaban J connectivity index is 2.71.